The molecule has 2 aromatic heterocycles. The highest BCUT2D eigenvalue weighted by Crippen LogP contribution is 2.31. The fourth-order valence-electron chi connectivity index (χ4n) is 2.01. The normalized spacial score (nSPS) is 14.0. The van der Waals surface area contributed by atoms with E-state index in [0.29, 0.717) is 27.0 Å². The molecule has 2 heterocycles. The summed E-state index contributed by atoms with van der Waals surface area (Å²) < 4.78 is 17.6. The van der Waals surface area contributed by atoms with Crippen LogP contribution in [0.15, 0.2) is 27.8 Å². The van der Waals surface area contributed by atoms with Gasteiger partial charge in [0.05, 0.1) is 11.9 Å². The van der Waals surface area contributed by atoms with Crippen molar-refractivity contribution in [2.24, 2.45) is 15.3 Å². The fourth-order valence-corrected chi connectivity index (χ4v) is 4.17. The average molecular weight is 382 g/mol. The number of pyridine rings is 1. The lowest BCUT2D eigenvalue weighted by Crippen LogP contribution is -2.24. The van der Waals surface area contributed by atoms with Crippen LogP contribution in [0, 0.1) is 18.7 Å². The van der Waals surface area contributed by atoms with E-state index in [9.17, 15) is 9.18 Å². The number of aliphatic imine (C=N–C) groups is 1. The van der Waals surface area contributed by atoms with E-state index >= 15 is 0 Å². The number of rotatable bonds is 6. The summed E-state index contributed by atoms with van der Waals surface area (Å²) in [6, 6.07) is 1.37. The van der Waals surface area contributed by atoms with Crippen molar-refractivity contribution in [3.8, 4) is 10.6 Å². The number of carbonyl (C=O) groups is 1. The minimum atomic E-state index is -0.418. The number of anilines is 1. The molecule has 1 amide bonds. The first kappa shape index (κ1) is 19.3. The monoisotopic (exact) mass is 381 g/mol. The van der Waals surface area contributed by atoms with E-state index < -0.39 is 5.82 Å². The topological polar surface area (TPSA) is 79.6 Å². The number of thiazole rings is 1. The van der Waals surface area contributed by atoms with Gasteiger partial charge in [-0.1, -0.05) is 29.0 Å². The van der Waals surface area contributed by atoms with Crippen molar-refractivity contribution in [1.82, 2.24) is 9.97 Å². The number of hydrogen-bond donors (Lipinski definition) is 1. The van der Waals surface area contributed by atoms with Crippen LogP contribution in [0.4, 0.5) is 9.39 Å². The summed E-state index contributed by atoms with van der Waals surface area (Å²) >= 11 is 1.31. The molecule has 0 fully saturated rings. The number of aromatic nitrogens is 2. The van der Waals surface area contributed by atoms with Gasteiger partial charge in [0.15, 0.2) is 0 Å². The lowest BCUT2D eigenvalue weighted by atomic mass is 10.2. The predicted molar refractivity (Wildman–Crippen MR) is 103 cm³/mol. The SMILES string of the molecule is C/N=C/N=S(/C)CC(C)C(=O)Nc1sc(-c2cncc(F)c2)nc1C. The van der Waals surface area contributed by atoms with Crippen molar-refractivity contribution in [3.63, 3.8) is 0 Å². The van der Waals surface area contributed by atoms with Gasteiger partial charge in [-0.05, 0) is 19.2 Å². The number of aryl methyl sites for hydroxylation is 1. The van der Waals surface area contributed by atoms with Crippen LogP contribution in [0.25, 0.3) is 10.6 Å². The molecule has 0 saturated heterocycles. The van der Waals surface area contributed by atoms with Gasteiger partial charge in [-0.2, -0.15) is 0 Å². The van der Waals surface area contributed by atoms with Crippen LogP contribution < -0.4 is 5.32 Å². The molecule has 6 nitrogen and oxygen atoms in total. The van der Waals surface area contributed by atoms with Crippen molar-refractivity contribution in [2.45, 2.75) is 13.8 Å². The molecular formula is C16H20FN5OS2. The Labute approximate surface area is 152 Å². The van der Waals surface area contributed by atoms with Crippen molar-refractivity contribution in [2.75, 3.05) is 24.4 Å². The summed E-state index contributed by atoms with van der Waals surface area (Å²) in [5, 5.41) is 4.20. The molecule has 9 heteroatoms. The highest BCUT2D eigenvalue weighted by Gasteiger charge is 2.17. The fraction of sp³-hybridized carbons (Fsp3) is 0.375. The lowest BCUT2D eigenvalue weighted by molar-refractivity contribution is -0.118. The molecule has 2 aromatic rings. The smallest absolute Gasteiger partial charge is 0.228 e. The largest absolute Gasteiger partial charge is 0.316 e. The minimum absolute atomic E-state index is 0.0846. The molecule has 2 rings (SSSR count). The standard InChI is InChI=1S/C16H20FN5OS2/c1-10(8-25(4)20-9-18-3)14(23)22-15-11(2)21-16(24-15)12-5-13(17)7-19-6-12/h5-7,9-10H,8H2,1-4H3,(H,22,23)/b18-9+. The number of halogens is 1. The van der Waals surface area contributed by atoms with E-state index in [1.807, 2.05) is 20.1 Å². The molecule has 0 bridgehead atoms. The molecule has 0 aliphatic heterocycles. The molecular weight excluding hydrogens is 361 g/mol. The Kier molecular flexibility index (Phi) is 6.89. The van der Waals surface area contributed by atoms with Gasteiger partial charge in [-0.3, -0.25) is 14.8 Å². The molecule has 0 aromatic carbocycles. The molecule has 0 aliphatic rings. The van der Waals surface area contributed by atoms with Gasteiger partial charge in [0.25, 0.3) is 0 Å². The maximum atomic E-state index is 13.3. The Morgan fingerprint density at radius 1 is 1.52 bits per heavy atom. The first-order valence-electron chi connectivity index (χ1n) is 7.54. The Morgan fingerprint density at radius 3 is 2.96 bits per heavy atom. The molecule has 1 N–H and O–H groups in total. The van der Waals surface area contributed by atoms with Crippen LogP contribution >= 0.6 is 11.3 Å². The molecule has 0 saturated carbocycles. The van der Waals surface area contributed by atoms with Gasteiger partial charge in [-0.25, -0.2) is 13.7 Å². The average Bonchev–Trinajstić information content (AvgIpc) is 2.93. The molecule has 0 aliphatic carbocycles. The van der Waals surface area contributed by atoms with E-state index in [4.69, 9.17) is 0 Å². The van der Waals surface area contributed by atoms with Crippen molar-refractivity contribution in [3.05, 3.63) is 30.0 Å². The first-order valence-corrected chi connectivity index (χ1v) is 10.1. The molecule has 2 unspecified atom stereocenters. The van der Waals surface area contributed by atoms with Crippen molar-refractivity contribution >= 4 is 39.3 Å². The van der Waals surface area contributed by atoms with E-state index in [0.717, 1.165) is 6.20 Å². The molecule has 134 valence electrons. The van der Waals surface area contributed by atoms with E-state index in [1.165, 1.54) is 23.7 Å². The van der Waals surface area contributed by atoms with Gasteiger partial charge < -0.3 is 5.32 Å². The van der Waals surface area contributed by atoms with Crippen LogP contribution in [0.5, 0.6) is 0 Å². The molecule has 0 radical (unpaired) electrons. The highest BCUT2D eigenvalue weighted by atomic mass is 32.2. The molecule has 0 spiro atoms. The number of carbonyl (C=O) groups excluding carboxylic acids is 1. The first-order chi connectivity index (χ1) is 11.9. The number of amides is 1. The second-order valence-corrected chi connectivity index (χ2v) is 8.21. The summed E-state index contributed by atoms with van der Waals surface area (Å²) in [4.78, 5) is 24.4. The van der Waals surface area contributed by atoms with Crippen LogP contribution in [0.1, 0.15) is 12.6 Å². The van der Waals surface area contributed by atoms with Crippen LogP contribution in [-0.2, 0) is 15.5 Å². The highest BCUT2D eigenvalue weighted by molar-refractivity contribution is 7.86. The van der Waals surface area contributed by atoms with Crippen LogP contribution in [-0.4, -0.2) is 41.3 Å². The zero-order valence-electron chi connectivity index (χ0n) is 14.5. The van der Waals surface area contributed by atoms with Gasteiger partial charge >= 0.3 is 0 Å². The quantitative estimate of drug-likeness (QED) is 0.616. The maximum absolute atomic E-state index is 13.3. The van der Waals surface area contributed by atoms with Gasteiger partial charge in [-0.15, -0.1) is 0 Å². The van der Waals surface area contributed by atoms with E-state index in [2.05, 4.69) is 24.6 Å². The van der Waals surface area contributed by atoms with Gasteiger partial charge in [0, 0.05) is 30.5 Å². The predicted octanol–water partition coefficient (Wildman–Crippen LogP) is 3.32. The van der Waals surface area contributed by atoms with Crippen molar-refractivity contribution < 1.29 is 9.18 Å². The lowest BCUT2D eigenvalue weighted by Gasteiger charge is -2.11. The number of hydrogen-bond acceptors (Lipinski definition) is 5. The number of nitrogens with one attached hydrogen (secondary N) is 1. The van der Waals surface area contributed by atoms with Crippen molar-refractivity contribution in [1.29, 1.82) is 0 Å². The zero-order valence-corrected chi connectivity index (χ0v) is 16.1. The van der Waals surface area contributed by atoms with E-state index in [-0.39, 0.29) is 22.5 Å². The third-order valence-electron chi connectivity index (χ3n) is 3.27. The van der Waals surface area contributed by atoms with Crippen LogP contribution in [0.2, 0.25) is 0 Å². The zero-order chi connectivity index (χ0) is 18.4. The summed E-state index contributed by atoms with van der Waals surface area (Å²) in [7, 11) is 1.40. The summed E-state index contributed by atoms with van der Waals surface area (Å²) in [5.74, 6) is -0.0446. The van der Waals surface area contributed by atoms with Gasteiger partial charge in [0.2, 0.25) is 5.91 Å². The molecule has 2 atom stereocenters. The van der Waals surface area contributed by atoms with E-state index in [1.54, 1.807) is 13.2 Å². The Balaban J connectivity index is 2.08. The minimum Gasteiger partial charge on any atom is -0.316 e. The van der Waals surface area contributed by atoms with Gasteiger partial charge in [0.1, 0.15) is 22.2 Å². The second-order valence-electron chi connectivity index (χ2n) is 5.46. The summed E-state index contributed by atoms with van der Waals surface area (Å²) in [6.45, 7) is 3.68. The summed E-state index contributed by atoms with van der Waals surface area (Å²) in [6.07, 6.45) is 6.18. The number of nitrogens with zero attached hydrogens (tertiary/aromatic N) is 4. The Bertz CT molecular complexity index is 819. The maximum Gasteiger partial charge on any atom is 0.228 e. The Hall–Kier alpha value is -2.00. The second kappa shape index (κ2) is 8.91. The van der Waals surface area contributed by atoms with Crippen LogP contribution in [0.3, 0.4) is 0 Å². The Morgan fingerprint density at radius 2 is 2.28 bits per heavy atom. The summed E-state index contributed by atoms with van der Waals surface area (Å²) in [5.41, 5.74) is 1.29. The molecule has 25 heavy (non-hydrogen) atoms. The third-order valence-corrected chi connectivity index (χ3v) is 5.83. The third kappa shape index (κ3) is 5.50.